The number of carbonyl (C=O) groups is 11. The molecule has 11 amide bonds. The summed E-state index contributed by atoms with van der Waals surface area (Å²) in [7, 11) is 0. The molecule has 1 unspecified atom stereocenters. The molecule has 0 bridgehead atoms. The lowest BCUT2D eigenvalue weighted by atomic mass is 9.99. The number of rotatable bonds is 34. The molecule has 0 aliphatic heterocycles. The average Bonchev–Trinajstić information content (AvgIpc) is 3.28. The highest BCUT2D eigenvalue weighted by molar-refractivity contribution is 5.99. The van der Waals surface area contributed by atoms with Crippen LogP contribution in [0.5, 0.6) is 0 Å². The second kappa shape index (κ2) is 32.3. The van der Waals surface area contributed by atoms with Gasteiger partial charge in [0.2, 0.25) is 65.0 Å². The molecule has 0 saturated heterocycles. The number of carbonyl (C=O) groups excluding carboxylic acids is 11. The molecule has 4 atom stereocenters. The predicted octanol–water partition coefficient (Wildman–Crippen LogP) is -1.59. The minimum atomic E-state index is -1.61. The van der Waals surface area contributed by atoms with Crippen molar-refractivity contribution in [3.63, 3.8) is 0 Å². The van der Waals surface area contributed by atoms with Crippen molar-refractivity contribution in [3.8, 4) is 0 Å². The highest BCUT2D eigenvalue weighted by atomic mass is 16.3. The molecular formula is C49H89N11O13. The van der Waals surface area contributed by atoms with Crippen molar-refractivity contribution in [3.05, 3.63) is 0 Å². The first-order valence-electron chi connectivity index (χ1n) is 25.2. The highest BCUT2D eigenvalue weighted by Gasteiger charge is 2.37. The summed E-state index contributed by atoms with van der Waals surface area (Å²) in [4.78, 5) is 143. The van der Waals surface area contributed by atoms with E-state index in [0.717, 1.165) is 19.3 Å². The topological polar surface area (TPSA) is 361 Å². The molecule has 0 radical (unpaired) electrons. The standard InChI is InChI=1S/C49H89N11O13/c1-28(2)22-32(27-62)54-41(68)38(29(3)4)55-36(66)25-53-46(73)49(13,14)60-42(69)39(30(5)6)56-35(65)24-50-34(64)23-51-45(72)48(11,12)59-43(70)40(31(7)8)57-37(67)26-52-44(71)47(9,10)58-33(63)20-18-16-15-17-19-21-61/h28-32,38-40,61-62H,15-27H2,1-14H3,(H,50,64)(H,51,72)(H,52,71)(H,53,73)(H,54,68)(H,55,66)(H,56,65)(H,57,67)(H,58,63)(H,59,70)(H,60,69)/t32-,38?,39-,40-/m0/s1. The molecule has 0 fully saturated rings. The Kier molecular flexibility index (Phi) is 29.7. The minimum absolute atomic E-state index is 0.122. The van der Waals surface area contributed by atoms with Crippen LogP contribution in [-0.2, 0) is 52.7 Å². The van der Waals surface area contributed by atoms with E-state index < -0.39 is 138 Å². The number of hydrogen-bond acceptors (Lipinski definition) is 13. The second-order valence-corrected chi connectivity index (χ2v) is 21.4. The summed E-state index contributed by atoms with van der Waals surface area (Å²) < 4.78 is 0. The van der Waals surface area contributed by atoms with Gasteiger partial charge >= 0.3 is 0 Å². The van der Waals surface area contributed by atoms with E-state index in [1.54, 1.807) is 41.5 Å². The van der Waals surface area contributed by atoms with Crippen molar-refractivity contribution in [2.24, 2.45) is 23.7 Å². The lowest BCUT2D eigenvalue weighted by Gasteiger charge is -2.30. The molecule has 0 rings (SSSR count). The Morgan fingerprint density at radius 2 is 0.740 bits per heavy atom. The summed E-state index contributed by atoms with van der Waals surface area (Å²) in [5.41, 5.74) is -4.53. The molecule has 24 heteroatoms. The summed E-state index contributed by atoms with van der Waals surface area (Å²) in [6.07, 6.45) is 4.60. The van der Waals surface area contributed by atoms with Crippen LogP contribution in [0.15, 0.2) is 0 Å². The third-order valence-electron chi connectivity index (χ3n) is 11.4. The number of aliphatic hydroxyl groups is 2. The summed E-state index contributed by atoms with van der Waals surface area (Å²) in [5.74, 6) is -8.48. The van der Waals surface area contributed by atoms with Gasteiger partial charge < -0.3 is 68.7 Å². The Balaban J connectivity index is 5.17. The Morgan fingerprint density at radius 1 is 0.397 bits per heavy atom. The fourth-order valence-electron chi connectivity index (χ4n) is 6.98. The summed E-state index contributed by atoms with van der Waals surface area (Å²) in [5, 5.41) is 46.4. The number of amides is 11. The average molecular weight is 1040 g/mol. The zero-order chi connectivity index (χ0) is 56.4. The first kappa shape index (κ1) is 67.1. The van der Waals surface area contributed by atoms with Crippen LogP contribution in [0.2, 0.25) is 0 Å². The van der Waals surface area contributed by atoms with Crippen molar-refractivity contribution in [2.45, 2.75) is 183 Å². The smallest absolute Gasteiger partial charge is 0.245 e. The monoisotopic (exact) mass is 1040 g/mol. The largest absolute Gasteiger partial charge is 0.396 e. The van der Waals surface area contributed by atoms with Crippen LogP contribution in [0.25, 0.3) is 0 Å². The minimum Gasteiger partial charge on any atom is -0.396 e. The van der Waals surface area contributed by atoms with Crippen molar-refractivity contribution in [1.29, 1.82) is 0 Å². The molecule has 0 aromatic heterocycles. The SMILES string of the molecule is CC(C)C[C@@H](CO)NC(=O)C(NC(=O)CNC(=O)C(C)(C)NC(=O)[C@@H](NC(=O)CNC(=O)CNC(=O)C(C)(C)NC(=O)[C@@H](NC(=O)CNC(=O)C(C)(C)NC(=O)CCCCCCCO)C(C)C)C(C)C)C(C)C. The zero-order valence-corrected chi connectivity index (χ0v) is 45.7. The van der Waals surface area contributed by atoms with Crippen LogP contribution in [-0.4, -0.2) is 155 Å². The predicted molar refractivity (Wildman–Crippen MR) is 272 cm³/mol. The Bertz CT molecular complexity index is 1890. The van der Waals surface area contributed by atoms with Gasteiger partial charge in [0.25, 0.3) is 0 Å². The third kappa shape index (κ3) is 26.6. The van der Waals surface area contributed by atoms with E-state index in [4.69, 9.17) is 5.11 Å². The lowest BCUT2D eigenvalue weighted by molar-refractivity contribution is -0.136. The van der Waals surface area contributed by atoms with Gasteiger partial charge in [-0.2, -0.15) is 0 Å². The quantitative estimate of drug-likeness (QED) is 0.0324. The van der Waals surface area contributed by atoms with E-state index in [1.165, 1.54) is 41.5 Å². The molecular weight excluding hydrogens is 951 g/mol. The van der Waals surface area contributed by atoms with Gasteiger partial charge in [-0.25, -0.2) is 0 Å². The number of unbranched alkanes of at least 4 members (excludes halogenated alkanes) is 4. The molecule has 13 N–H and O–H groups in total. The Morgan fingerprint density at radius 3 is 1.11 bits per heavy atom. The second-order valence-electron chi connectivity index (χ2n) is 21.4. The van der Waals surface area contributed by atoms with E-state index in [-0.39, 0.29) is 37.4 Å². The van der Waals surface area contributed by atoms with Gasteiger partial charge in [0.1, 0.15) is 34.7 Å². The maximum Gasteiger partial charge on any atom is 0.245 e. The molecule has 418 valence electrons. The van der Waals surface area contributed by atoms with E-state index in [2.05, 4.69) is 58.5 Å². The van der Waals surface area contributed by atoms with Gasteiger partial charge in [0.05, 0.1) is 38.8 Å². The fourth-order valence-corrected chi connectivity index (χ4v) is 6.98. The van der Waals surface area contributed by atoms with E-state index in [1.807, 2.05) is 13.8 Å². The van der Waals surface area contributed by atoms with Crippen LogP contribution < -0.4 is 58.5 Å². The maximum atomic E-state index is 13.4. The lowest BCUT2D eigenvalue weighted by Crippen LogP contribution is -2.62. The van der Waals surface area contributed by atoms with Gasteiger partial charge in [-0.3, -0.25) is 52.7 Å². The normalized spacial score (nSPS) is 13.4. The highest BCUT2D eigenvalue weighted by Crippen LogP contribution is 2.12. The van der Waals surface area contributed by atoms with Gasteiger partial charge in [-0.05, 0) is 84.5 Å². The van der Waals surface area contributed by atoms with Gasteiger partial charge in [0.15, 0.2) is 0 Å². The fraction of sp³-hybridized carbons (Fsp3) is 0.776. The summed E-state index contributed by atoms with van der Waals surface area (Å²) >= 11 is 0. The first-order chi connectivity index (χ1) is 33.7. The number of nitrogens with one attached hydrogen (secondary N) is 11. The van der Waals surface area contributed by atoms with Crippen molar-refractivity contribution in [2.75, 3.05) is 39.4 Å². The van der Waals surface area contributed by atoms with Crippen LogP contribution in [0.4, 0.5) is 0 Å². The van der Waals surface area contributed by atoms with Crippen molar-refractivity contribution in [1.82, 2.24) is 58.5 Å². The first-order valence-corrected chi connectivity index (χ1v) is 25.2. The molecule has 0 aromatic rings. The molecule has 0 aliphatic rings. The van der Waals surface area contributed by atoms with Gasteiger partial charge in [0, 0.05) is 13.0 Å². The molecule has 0 aromatic carbocycles. The molecule has 0 saturated carbocycles. The Hall–Kier alpha value is -5.91. The van der Waals surface area contributed by atoms with E-state index in [9.17, 15) is 57.8 Å². The van der Waals surface area contributed by atoms with Gasteiger partial charge in [-0.15, -0.1) is 0 Å². The van der Waals surface area contributed by atoms with Crippen molar-refractivity contribution < 1.29 is 63.0 Å². The van der Waals surface area contributed by atoms with Crippen LogP contribution in [0.3, 0.4) is 0 Å². The molecule has 0 heterocycles. The molecule has 73 heavy (non-hydrogen) atoms. The van der Waals surface area contributed by atoms with E-state index in [0.29, 0.717) is 19.3 Å². The summed E-state index contributed by atoms with van der Waals surface area (Å²) in [6.45, 7) is 20.0. The zero-order valence-electron chi connectivity index (χ0n) is 45.7. The Labute approximate surface area is 431 Å². The van der Waals surface area contributed by atoms with Crippen molar-refractivity contribution >= 4 is 65.0 Å². The number of aliphatic hydroxyl groups excluding tert-OH is 2. The molecule has 0 aliphatic carbocycles. The van der Waals surface area contributed by atoms with Crippen LogP contribution in [0.1, 0.15) is 142 Å². The van der Waals surface area contributed by atoms with Crippen LogP contribution >= 0.6 is 0 Å². The summed E-state index contributed by atoms with van der Waals surface area (Å²) in [6, 6.07) is -3.77. The molecule has 24 nitrogen and oxygen atoms in total. The van der Waals surface area contributed by atoms with Crippen LogP contribution in [0, 0.1) is 23.7 Å². The van der Waals surface area contributed by atoms with Gasteiger partial charge in [-0.1, -0.05) is 74.7 Å². The number of hydrogen-bond donors (Lipinski definition) is 13. The maximum absolute atomic E-state index is 13.4. The molecule has 0 spiro atoms. The van der Waals surface area contributed by atoms with E-state index >= 15 is 0 Å². The third-order valence-corrected chi connectivity index (χ3v) is 11.4.